The van der Waals surface area contributed by atoms with Crippen LogP contribution < -0.4 is 10.2 Å². The summed E-state index contributed by atoms with van der Waals surface area (Å²) in [6.07, 6.45) is 4.12. The maximum atomic E-state index is 12.4. The average Bonchev–Trinajstić information content (AvgIpc) is 3.05. The second-order valence-corrected chi connectivity index (χ2v) is 5.35. The molecule has 0 saturated carbocycles. The number of amides is 1. The van der Waals surface area contributed by atoms with Crippen LogP contribution in [0.25, 0.3) is 0 Å². The molecule has 0 unspecified atom stereocenters. The van der Waals surface area contributed by atoms with Crippen molar-refractivity contribution in [2.45, 2.75) is 26.7 Å². The molecule has 1 aliphatic rings. The Bertz CT molecular complexity index is 453. The molecule has 5 heteroatoms. The van der Waals surface area contributed by atoms with Crippen molar-refractivity contribution in [3.8, 4) is 0 Å². The van der Waals surface area contributed by atoms with Gasteiger partial charge in [-0.25, -0.2) is 4.98 Å². The highest BCUT2D eigenvalue weighted by molar-refractivity contribution is 5.98. The Hall–Kier alpha value is -1.62. The predicted octanol–water partition coefficient (Wildman–Crippen LogP) is 1.75. The lowest BCUT2D eigenvalue weighted by Crippen LogP contribution is -2.35. The molecule has 1 fully saturated rings. The van der Waals surface area contributed by atoms with Gasteiger partial charge in [-0.2, -0.15) is 0 Å². The molecule has 0 radical (unpaired) electrons. The van der Waals surface area contributed by atoms with E-state index in [-0.39, 0.29) is 5.91 Å². The van der Waals surface area contributed by atoms with Crippen LogP contribution in [0.3, 0.4) is 0 Å². The van der Waals surface area contributed by atoms with Crippen LogP contribution in [0.5, 0.6) is 0 Å². The first-order valence-corrected chi connectivity index (χ1v) is 7.96. The lowest BCUT2D eigenvalue weighted by Gasteiger charge is -2.20. The average molecular weight is 290 g/mol. The van der Waals surface area contributed by atoms with Crippen LogP contribution in [-0.4, -0.2) is 55.1 Å². The fraction of sp³-hybridized carbons (Fsp3) is 0.625. The van der Waals surface area contributed by atoms with Gasteiger partial charge in [0, 0.05) is 32.4 Å². The van der Waals surface area contributed by atoms with Gasteiger partial charge in [-0.05, 0) is 38.1 Å². The molecule has 0 bridgehead atoms. The van der Waals surface area contributed by atoms with E-state index < -0.39 is 0 Å². The van der Waals surface area contributed by atoms with Crippen LogP contribution in [0.15, 0.2) is 18.3 Å². The molecule has 0 atom stereocenters. The van der Waals surface area contributed by atoms with Gasteiger partial charge in [-0.3, -0.25) is 4.79 Å². The third-order valence-corrected chi connectivity index (χ3v) is 4.04. The van der Waals surface area contributed by atoms with E-state index >= 15 is 0 Å². The van der Waals surface area contributed by atoms with Gasteiger partial charge in [-0.15, -0.1) is 0 Å². The summed E-state index contributed by atoms with van der Waals surface area (Å²) in [4.78, 5) is 21.3. The summed E-state index contributed by atoms with van der Waals surface area (Å²) in [5.74, 6) is 0.812. The number of nitrogens with one attached hydrogen (secondary N) is 1. The van der Waals surface area contributed by atoms with E-state index in [9.17, 15) is 4.79 Å². The van der Waals surface area contributed by atoms with Crippen molar-refractivity contribution in [2.75, 3.05) is 44.2 Å². The summed E-state index contributed by atoms with van der Waals surface area (Å²) in [7, 11) is 0. The van der Waals surface area contributed by atoms with Crippen molar-refractivity contribution in [3.05, 3.63) is 23.9 Å². The van der Waals surface area contributed by atoms with Crippen molar-refractivity contribution < 1.29 is 4.79 Å². The number of carbonyl (C=O) groups excluding carboxylic acids is 1. The molecule has 0 aliphatic carbocycles. The Kier molecular flexibility index (Phi) is 5.99. The van der Waals surface area contributed by atoms with Gasteiger partial charge >= 0.3 is 0 Å². The fourth-order valence-electron chi connectivity index (χ4n) is 2.72. The zero-order valence-corrected chi connectivity index (χ0v) is 13.1. The van der Waals surface area contributed by atoms with Crippen molar-refractivity contribution in [3.63, 3.8) is 0 Å². The summed E-state index contributed by atoms with van der Waals surface area (Å²) < 4.78 is 0. The maximum absolute atomic E-state index is 12.4. The van der Waals surface area contributed by atoms with Gasteiger partial charge in [-0.1, -0.05) is 13.8 Å². The number of carbonyl (C=O) groups is 1. The van der Waals surface area contributed by atoms with Gasteiger partial charge < -0.3 is 15.1 Å². The SMILES string of the molecule is CCN(CC)CCNC(=O)c1cccnc1N1CCCC1. The number of hydrogen-bond acceptors (Lipinski definition) is 4. The van der Waals surface area contributed by atoms with Crippen molar-refractivity contribution in [1.29, 1.82) is 0 Å². The zero-order chi connectivity index (χ0) is 15.1. The lowest BCUT2D eigenvalue weighted by atomic mass is 10.2. The molecule has 21 heavy (non-hydrogen) atoms. The molecule has 116 valence electrons. The number of rotatable bonds is 7. The van der Waals surface area contributed by atoms with E-state index in [0.29, 0.717) is 12.1 Å². The molecule has 0 spiro atoms. The molecule has 2 rings (SSSR count). The number of likely N-dealkylation sites (N-methyl/N-ethyl adjacent to an activating group) is 1. The minimum Gasteiger partial charge on any atom is -0.356 e. The van der Waals surface area contributed by atoms with Gasteiger partial charge in [0.1, 0.15) is 5.82 Å². The van der Waals surface area contributed by atoms with E-state index in [0.717, 1.165) is 38.5 Å². The molecule has 5 nitrogen and oxygen atoms in total. The minimum atomic E-state index is -0.0165. The first kappa shape index (κ1) is 15.8. The molecular formula is C16H26N4O. The smallest absolute Gasteiger partial charge is 0.255 e. The summed E-state index contributed by atoms with van der Waals surface area (Å²) in [5, 5.41) is 3.01. The van der Waals surface area contributed by atoms with Gasteiger partial charge in [0.15, 0.2) is 0 Å². The van der Waals surface area contributed by atoms with E-state index in [1.54, 1.807) is 6.20 Å². The number of anilines is 1. The lowest BCUT2D eigenvalue weighted by molar-refractivity contribution is 0.0949. The van der Waals surface area contributed by atoms with Crippen LogP contribution in [-0.2, 0) is 0 Å². The van der Waals surface area contributed by atoms with E-state index in [1.807, 2.05) is 12.1 Å². The van der Waals surface area contributed by atoms with Crippen LogP contribution >= 0.6 is 0 Å². The molecule has 1 N–H and O–H groups in total. The fourth-order valence-corrected chi connectivity index (χ4v) is 2.72. The number of nitrogens with zero attached hydrogens (tertiary/aromatic N) is 3. The standard InChI is InChI=1S/C16H26N4O/c1-3-19(4-2)13-10-18-16(21)14-8-7-9-17-15(14)20-11-5-6-12-20/h7-9H,3-6,10-13H2,1-2H3,(H,18,21). The number of pyridine rings is 1. The summed E-state index contributed by atoms with van der Waals surface area (Å²) in [6.45, 7) is 9.85. The highest BCUT2D eigenvalue weighted by Crippen LogP contribution is 2.21. The monoisotopic (exact) mass is 290 g/mol. The normalized spacial score (nSPS) is 14.7. The third-order valence-electron chi connectivity index (χ3n) is 4.04. The molecule has 0 aromatic carbocycles. The second kappa shape index (κ2) is 7.98. The van der Waals surface area contributed by atoms with E-state index in [4.69, 9.17) is 0 Å². The quantitative estimate of drug-likeness (QED) is 0.831. The molecular weight excluding hydrogens is 264 g/mol. The molecule has 1 aliphatic heterocycles. The number of aromatic nitrogens is 1. The summed E-state index contributed by atoms with van der Waals surface area (Å²) >= 11 is 0. The van der Waals surface area contributed by atoms with E-state index in [1.165, 1.54) is 12.8 Å². The molecule has 1 saturated heterocycles. The van der Waals surface area contributed by atoms with Gasteiger partial charge in [0.05, 0.1) is 5.56 Å². The summed E-state index contributed by atoms with van der Waals surface area (Å²) in [5.41, 5.74) is 0.693. The van der Waals surface area contributed by atoms with Crippen molar-refractivity contribution >= 4 is 11.7 Å². The Morgan fingerprint density at radius 3 is 2.71 bits per heavy atom. The molecule has 1 aromatic rings. The molecule has 1 aromatic heterocycles. The third kappa shape index (κ3) is 4.17. The highest BCUT2D eigenvalue weighted by atomic mass is 16.1. The first-order valence-electron chi connectivity index (χ1n) is 7.96. The van der Waals surface area contributed by atoms with Crippen molar-refractivity contribution in [2.24, 2.45) is 0 Å². The predicted molar refractivity (Wildman–Crippen MR) is 85.8 cm³/mol. The highest BCUT2D eigenvalue weighted by Gasteiger charge is 2.20. The minimum absolute atomic E-state index is 0.0165. The Labute approximate surface area is 127 Å². The van der Waals surface area contributed by atoms with Gasteiger partial charge in [0.2, 0.25) is 0 Å². The van der Waals surface area contributed by atoms with Crippen molar-refractivity contribution in [1.82, 2.24) is 15.2 Å². The van der Waals surface area contributed by atoms with Crippen LogP contribution in [0, 0.1) is 0 Å². The second-order valence-electron chi connectivity index (χ2n) is 5.35. The largest absolute Gasteiger partial charge is 0.356 e. The Morgan fingerprint density at radius 2 is 2.05 bits per heavy atom. The zero-order valence-electron chi connectivity index (χ0n) is 13.1. The Morgan fingerprint density at radius 1 is 1.33 bits per heavy atom. The van der Waals surface area contributed by atoms with Crippen LogP contribution in [0.1, 0.15) is 37.0 Å². The Balaban J connectivity index is 1.95. The first-order chi connectivity index (χ1) is 10.3. The van der Waals surface area contributed by atoms with Gasteiger partial charge in [0.25, 0.3) is 5.91 Å². The van der Waals surface area contributed by atoms with E-state index in [2.05, 4.69) is 33.9 Å². The van der Waals surface area contributed by atoms with Crippen LogP contribution in [0.4, 0.5) is 5.82 Å². The topological polar surface area (TPSA) is 48.5 Å². The number of hydrogen-bond donors (Lipinski definition) is 1. The molecule has 1 amide bonds. The summed E-state index contributed by atoms with van der Waals surface area (Å²) in [6, 6.07) is 3.70. The maximum Gasteiger partial charge on any atom is 0.255 e. The van der Waals surface area contributed by atoms with Crippen LogP contribution in [0.2, 0.25) is 0 Å². The molecule has 2 heterocycles.